The van der Waals surface area contributed by atoms with Crippen LogP contribution in [0.4, 0.5) is 5.82 Å². The zero-order chi connectivity index (χ0) is 21.3. The molecule has 10 heteroatoms. The van der Waals surface area contributed by atoms with Crippen LogP contribution in [0.3, 0.4) is 0 Å². The van der Waals surface area contributed by atoms with E-state index < -0.39 is 16.0 Å². The zero-order valence-corrected chi connectivity index (χ0v) is 17.8. The summed E-state index contributed by atoms with van der Waals surface area (Å²) < 4.78 is 34.7. The lowest BCUT2D eigenvalue weighted by Gasteiger charge is -2.12. The first-order chi connectivity index (χ1) is 14.4. The summed E-state index contributed by atoms with van der Waals surface area (Å²) in [6.07, 6.45) is 1.27. The number of aryl methyl sites for hydroxylation is 1. The van der Waals surface area contributed by atoms with Gasteiger partial charge in [-0.05, 0) is 43.0 Å². The summed E-state index contributed by atoms with van der Waals surface area (Å²) in [4.78, 5) is 17.0. The molecule has 8 nitrogen and oxygen atoms in total. The van der Waals surface area contributed by atoms with Gasteiger partial charge in [0.1, 0.15) is 9.77 Å². The molecule has 3 aromatic heterocycles. The number of fused-ring (bicyclic) bond motifs is 1. The van der Waals surface area contributed by atoms with E-state index in [0.717, 1.165) is 27.8 Å². The van der Waals surface area contributed by atoms with Crippen LogP contribution in [0.25, 0.3) is 16.7 Å². The van der Waals surface area contributed by atoms with Crippen molar-refractivity contribution in [3.05, 3.63) is 65.2 Å². The highest BCUT2D eigenvalue weighted by Gasteiger charge is 2.26. The molecule has 0 bridgehead atoms. The van der Waals surface area contributed by atoms with Gasteiger partial charge in [-0.25, -0.2) is 18.2 Å². The van der Waals surface area contributed by atoms with Crippen molar-refractivity contribution in [3.8, 4) is 5.82 Å². The molecule has 1 aromatic carbocycles. The number of rotatable bonds is 6. The number of hydrogen-bond donors (Lipinski definition) is 1. The van der Waals surface area contributed by atoms with Gasteiger partial charge in [-0.1, -0.05) is 24.3 Å². The molecule has 0 saturated carbocycles. The van der Waals surface area contributed by atoms with Crippen molar-refractivity contribution in [3.63, 3.8) is 0 Å². The van der Waals surface area contributed by atoms with Crippen molar-refractivity contribution in [2.24, 2.45) is 0 Å². The molecule has 0 aliphatic carbocycles. The predicted molar refractivity (Wildman–Crippen MR) is 115 cm³/mol. The molecule has 4 aromatic rings. The highest BCUT2D eigenvalue weighted by molar-refractivity contribution is 7.94. The van der Waals surface area contributed by atoms with Crippen LogP contribution < -0.4 is 4.72 Å². The Morgan fingerprint density at radius 2 is 2.03 bits per heavy atom. The number of thiophene rings is 1. The molecule has 0 unspecified atom stereocenters. The molecular weight excluding hydrogens is 424 g/mol. The lowest BCUT2D eigenvalue weighted by Crippen LogP contribution is -2.18. The van der Waals surface area contributed by atoms with Gasteiger partial charge in [0, 0.05) is 5.39 Å². The normalized spacial score (nSPS) is 11.5. The van der Waals surface area contributed by atoms with Gasteiger partial charge >= 0.3 is 5.97 Å². The van der Waals surface area contributed by atoms with Crippen molar-refractivity contribution in [2.75, 3.05) is 11.3 Å². The number of nitrogens with zero attached hydrogens (tertiary/aromatic N) is 3. The third-order valence-corrected chi connectivity index (χ3v) is 7.12. The average Bonchev–Trinajstić information content (AvgIpc) is 3.38. The number of ether oxygens (including phenoxy) is 1. The Morgan fingerprint density at radius 3 is 2.77 bits per heavy atom. The molecule has 30 heavy (non-hydrogen) atoms. The van der Waals surface area contributed by atoms with Gasteiger partial charge in [-0.15, -0.1) is 11.3 Å². The van der Waals surface area contributed by atoms with Gasteiger partial charge in [0.25, 0.3) is 10.0 Å². The van der Waals surface area contributed by atoms with E-state index in [1.165, 1.54) is 16.9 Å². The molecule has 0 spiro atoms. The average molecular weight is 443 g/mol. The minimum Gasteiger partial charge on any atom is -0.462 e. The molecule has 0 radical (unpaired) electrons. The van der Waals surface area contributed by atoms with Crippen LogP contribution in [-0.4, -0.2) is 35.8 Å². The van der Waals surface area contributed by atoms with Gasteiger partial charge in [-0.2, -0.15) is 9.78 Å². The second-order valence-corrected chi connectivity index (χ2v) is 9.25. The van der Waals surface area contributed by atoms with E-state index in [1.54, 1.807) is 24.4 Å². The molecule has 0 fully saturated rings. The van der Waals surface area contributed by atoms with Crippen LogP contribution in [0.15, 0.2) is 58.3 Å². The molecule has 1 N–H and O–H groups in total. The van der Waals surface area contributed by atoms with Crippen LogP contribution >= 0.6 is 11.3 Å². The van der Waals surface area contributed by atoms with Crippen molar-refractivity contribution in [1.29, 1.82) is 0 Å². The second-order valence-electron chi connectivity index (χ2n) is 6.39. The first kappa shape index (κ1) is 20.0. The summed E-state index contributed by atoms with van der Waals surface area (Å²) in [5, 5.41) is 6.86. The fourth-order valence-electron chi connectivity index (χ4n) is 3.01. The van der Waals surface area contributed by atoms with Crippen molar-refractivity contribution < 1.29 is 17.9 Å². The Kier molecular flexibility index (Phi) is 5.27. The standard InChI is InChI=1S/C20H18N4O4S2/c1-3-28-20(25)15-12-21-24(19(15)23-30(26,27)18-9-6-10-29-18)17-11-13(2)14-7-4-5-8-16(14)22-17/h4-12,23H,3H2,1-2H3. The number of pyridine rings is 1. The monoisotopic (exact) mass is 442 g/mol. The molecule has 4 rings (SSSR count). The van der Waals surface area contributed by atoms with Gasteiger partial charge < -0.3 is 4.74 Å². The zero-order valence-electron chi connectivity index (χ0n) is 16.2. The number of anilines is 1. The molecule has 0 aliphatic rings. The first-order valence-corrected chi connectivity index (χ1v) is 11.4. The van der Waals surface area contributed by atoms with Gasteiger partial charge in [0.2, 0.25) is 0 Å². The van der Waals surface area contributed by atoms with Crippen LogP contribution in [0.1, 0.15) is 22.8 Å². The Morgan fingerprint density at radius 1 is 1.23 bits per heavy atom. The predicted octanol–water partition coefficient (Wildman–Crippen LogP) is 3.77. The summed E-state index contributed by atoms with van der Waals surface area (Å²) >= 11 is 1.07. The van der Waals surface area contributed by atoms with Crippen molar-refractivity contribution in [2.45, 2.75) is 18.1 Å². The second kappa shape index (κ2) is 7.88. The minimum absolute atomic E-state index is 0.00425. The van der Waals surface area contributed by atoms with E-state index in [1.807, 2.05) is 31.2 Å². The van der Waals surface area contributed by atoms with E-state index in [-0.39, 0.29) is 22.2 Å². The van der Waals surface area contributed by atoms with E-state index in [0.29, 0.717) is 5.82 Å². The molecule has 0 aliphatic heterocycles. The van der Waals surface area contributed by atoms with Crippen molar-refractivity contribution in [1.82, 2.24) is 14.8 Å². The Balaban J connectivity index is 1.87. The van der Waals surface area contributed by atoms with Crippen LogP contribution in [0, 0.1) is 6.92 Å². The third kappa shape index (κ3) is 3.66. The number of aromatic nitrogens is 3. The number of carbonyl (C=O) groups is 1. The maximum absolute atomic E-state index is 12.8. The molecule has 0 amide bonds. The summed E-state index contributed by atoms with van der Waals surface area (Å²) in [5.74, 6) is -0.320. The summed E-state index contributed by atoms with van der Waals surface area (Å²) in [7, 11) is -3.92. The van der Waals surface area contributed by atoms with Crippen LogP contribution in [-0.2, 0) is 14.8 Å². The Bertz CT molecular complexity index is 1330. The van der Waals surface area contributed by atoms with Crippen LogP contribution in [0.2, 0.25) is 0 Å². The SMILES string of the molecule is CCOC(=O)c1cnn(-c2cc(C)c3ccccc3n2)c1NS(=O)(=O)c1cccs1. The molecule has 3 heterocycles. The highest BCUT2D eigenvalue weighted by Crippen LogP contribution is 2.27. The maximum atomic E-state index is 12.8. The third-order valence-electron chi connectivity index (χ3n) is 4.38. The first-order valence-electron chi connectivity index (χ1n) is 9.09. The fourth-order valence-corrected chi connectivity index (χ4v) is 5.07. The molecule has 0 atom stereocenters. The van der Waals surface area contributed by atoms with Gasteiger partial charge in [0.15, 0.2) is 11.6 Å². The number of para-hydroxylation sites is 1. The smallest absolute Gasteiger partial charge is 0.343 e. The summed E-state index contributed by atoms with van der Waals surface area (Å²) in [6.45, 7) is 3.75. The van der Waals surface area contributed by atoms with E-state index in [2.05, 4.69) is 14.8 Å². The van der Waals surface area contributed by atoms with E-state index >= 15 is 0 Å². The fraction of sp³-hybridized carbons (Fsp3) is 0.150. The number of benzene rings is 1. The van der Waals surface area contributed by atoms with Gasteiger partial charge in [-0.3, -0.25) is 4.72 Å². The van der Waals surface area contributed by atoms with E-state index in [4.69, 9.17) is 4.74 Å². The largest absolute Gasteiger partial charge is 0.462 e. The summed E-state index contributed by atoms with van der Waals surface area (Å²) in [6, 6.07) is 12.5. The number of sulfonamides is 1. The number of carbonyl (C=O) groups excluding carboxylic acids is 1. The van der Waals surface area contributed by atoms with Gasteiger partial charge in [0.05, 0.1) is 18.3 Å². The van der Waals surface area contributed by atoms with E-state index in [9.17, 15) is 13.2 Å². The van der Waals surface area contributed by atoms with Crippen molar-refractivity contribution >= 4 is 44.1 Å². The molecular formula is C20H18N4O4S2. The number of nitrogens with one attached hydrogen (secondary N) is 1. The Hall–Kier alpha value is -3.24. The number of esters is 1. The quantitative estimate of drug-likeness (QED) is 0.456. The minimum atomic E-state index is -3.92. The maximum Gasteiger partial charge on any atom is 0.343 e. The molecule has 154 valence electrons. The lowest BCUT2D eigenvalue weighted by atomic mass is 10.1. The molecule has 0 saturated heterocycles. The Labute approximate surface area is 177 Å². The van der Waals surface area contributed by atoms with Crippen LogP contribution in [0.5, 0.6) is 0 Å². The lowest BCUT2D eigenvalue weighted by molar-refractivity contribution is 0.0527. The number of hydrogen-bond acceptors (Lipinski definition) is 7. The highest BCUT2D eigenvalue weighted by atomic mass is 32.2. The topological polar surface area (TPSA) is 103 Å². The summed E-state index contributed by atoms with van der Waals surface area (Å²) in [5.41, 5.74) is 1.67.